The van der Waals surface area contributed by atoms with Crippen molar-refractivity contribution in [1.82, 2.24) is 0 Å². The average Bonchev–Trinajstić information content (AvgIpc) is 2.79. The first kappa shape index (κ1) is 13.9. The van der Waals surface area contributed by atoms with E-state index in [9.17, 15) is 5.11 Å². The number of ether oxygens (including phenoxy) is 1. The molecule has 0 radical (unpaired) electrons. The Bertz CT molecular complexity index is 642. The molecular formula is C16H14BrClO2. The van der Waals surface area contributed by atoms with Gasteiger partial charge in [-0.25, -0.2) is 0 Å². The van der Waals surface area contributed by atoms with E-state index in [1.54, 1.807) is 0 Å². The van der Waals surface area contributed by atoms with Crippen molar-refractivity contribution in [3.05, 3.63) is 62.6 Å². The summed E-state index contributed by atoms with van der Waals surface area (Å²) in [6.07, 6.45) is 1.39. The molecule has 2 nitrogen and oxygen atoms in total. The van der Waals surface area contributed by atoms with E-state index in [1.807, 2.05) is 36.4 Å². The van der Waals surface area contributed by atoms with Gasteiger partial charge in [0.25, 0.3) is 0 Å². The Labute approximate surface area is 131 Å². The molecule has 104 valence electrons. The highest BCUT2D eigenvalue weighted by atomic mass is 79.9. The first-order valence-corrected chi connectivity index (χ1v) is 7.68. The maximum atomic E-state index is 9.78. The molecule has 1 aliphatic rings. The van der Waals surface area contributed by atoms with Gasteiger partial charge in [0.1, 0.15) is 12.4 Å². The maximum absolute atomic E-state index is 9.78. The van der Waals surface area contributed by atoms with Crippen LogP contribution in [0.3, 0.4) is 0 Å². The lowest BCUT2D eigenvalue weighted by Gasteiger charge is -2.10. The van der Waals surface area contributed by atoms with Gasteiger partial charge in [-0.05, 0) is 48.2 Å². The maximum Gasteiger partial charge on any atom is 0.120 e. The van der Waals surface area contributed by atoms with Crippen LogP contribution in [0.5, 0.6) is 5.75 Å². The molecule has 0 aliphatic heterocycles. The Morgan fingerprint density at radius 3 is 2.90 bits per heavy atom. The van der Waals surface area contributed by atoms with Crippen LogP contribution in [0, 0.1) is 0 Å². The second kappa shape index (κ2) is 5.76. The number of halogens is 2. The lowest BCUT2D eigenvalue weighted by atomic mass is 10.1. The highest BCUT2D eigenvalue weighted by Crippen LogP contribution is 2.33. The number of hydrogen-bond donors (Lipinski definition) is 1. The van der Waals surface area contributed by atoms with E-state index in [0.29, 0.717) is 11.6 Å². The van der Waals surface area contributed by atoms with Crippen LogP contribution < -0.4 is 4.74 Å². The summed E-state index contributed by atoms with van der Waals surface area (Å²) in [7, 11) is 0. The summed E-state index contributed by atoms with van der Waals surface area (Å²) in [4.78, 5) is 0. The van der Waals surface area contributed by atoms with E-state index in [0.717, 1.165) is 34.2 Å². The zero-order valence-corrected chi connectivity index (χ0v) is 13.1. The van der Waals surface area contributed by atoms with Gasteiger partial charge >= 0.3 is 0 Å². The van der Waals surface area contributed by atoms with Gasteiger partial charge in [-0.1, -0.05) is 39.7 Å². The Morgan fingerprint density at radius 1 is 1.25 bits per heavy atom. The minimum Gasteiger partial charge on any atom is -0.489 e. The van der Waals surface area contributed by atoms with Gasteiger partial charge in [-0.2, -0.15) is 0 Å². The van der Waals surface area contributed by atoms with Crippen molar-refractivity contribution < 1.29 is 9.84 Å². The van der Waals surface area contributed by atoms with Gasteiger partial charge in [-0.3, -0.25) is 0 Å². The molecule has 4 heteroatoms. The van der Waals surface area contributed by atoms with Crippen molar-refractivity contribution in [2.75, 3.05) is 0 Å². The van der Waals surface area contributed by atoms with Crippen molar-refractivity contribution >= 4 is 27.5 Å². The molecule has 1 atom stereocenters. The third kappa shape index (κ3) is 2.85. The van der Waals surface area contributed by atoms with Crippen LogP contribution in [0.25, 0.3) is 0 Å². The smallest absolute Gasteiger partial charge is 0.120 e. The molecule has 0 heterocycles. The van der Waals surface area contributed by atoms with Crippen LogP contribution in [0.4, 0.5) is 0 Å². The summed E-state index contributed by atoms with van der Waals surface area (Å²) in [6.45, 7) is 0.438. The topological polar surface area (TPSA) is 29.5 Å². The van der Waals surface area contributed by atoms with E-state index < -0.39 is 0 Å². The van der Waals surface area contributed by atoms with Crippen molar-refractivity contribution in [3.63, 3.8) is 0 Å². The largest absolute Gasteiger partial charge is 0.489 e. The Kier molecular flexibility index (Phi) is 4.01. The highest BCUT2D eigenvalue weighted by Gasteiger charge is 2.20. The van der Waals surface area contributed by atoms with Gasteiger partial charge in [0.05, 0.1) is 6.10 Å². The van der Waals surface area contributed by atoms with Crippen molar-refractivity contribution in [2.45, 2.75) is 25.6 Å². The average molecular weight is 354 g/mol. The molecule has 0 saturated carbocycles. The fourth-order valence-electron chi connectivity index (χ4n) is 2.46. The molecular weight excluding hydrogens is 340 g/mol. The third-order valence-corrected chi connectivity index (χ3v) is 4.42. The second-order valence-electron chi connectivity index (χ2n) is 4.94. The lowest BCUT2D eigenvalue weighted by Crippen LogP contribution is -1.97. The first-order valence-electron chi connectivity index (χ1n) is 6.51. The molecule has 0 unspecified atom stereocenters. The predicted octanol–water partition coefficient (Wildman–Crippen LogP) is 4.66. The summed E-state index contributed by atoms with van der Waals surface area (Å²) in [6, 6.07) is 11.6. The van der Waals surface area contributed by atoms with E-state index in [2.05, 4.69) is 15.9 Å². The van der Waals surface area contributed by atoms with Crippen LogP contribution in [-0.2, 0) is 13.0 Å². The summed E-state index contributed by atoms with van der Waals surface area (Å²) in [5.41, 5.74) is 3.16. The van der Waals surface area contributed by atoms with E-state index in [1.165, 1.54) is 5.56 Å². The van der Waals surface area contributed by atoms with Crippen LogP contribution in [0.15, 0.2) is 40.9 Å². The van der Waals surface area contributed by atoms with E-state index in [-0.39, 0.29) is 6.10 Å². The fourth-order valence-corrected chi connectivity index (χ4v) is 3.19. The minimum atomic E-state index is -0.319. The molecule has 1 aliphatic carbocycles. The molecule has 0 saturated heterocycles. The third-order valence-electron chi connectivity index (χ3n) is 3.57. The van der Waals surface area contributed by atoms with Crippen LogP contribution >= 0.6 is 27.5 Å². The molecule has 0 amide bonds. The second-order valence-corrected chi connectivity index (χ2v) is 6.26. The molecule has 20 heavy (non-hydrogen) atoms. The zero-order chi connectivity index (χ0) is 14.1. The van der Waals surface area contributed by atoms with Gasteiger partial charge < -0.3 is 9.84 Å². The molecule has 0 spiro atoms. The Morgan fingerprint density at radius 2 is 2.10 bits per heavy atom. The summed E-state index contributed by atoms with van der Waals surface area (Å²) in [5, 5.41) is 10.5. The molecule has 1 N–H and O–H groups in total. The SMILES string of the molecule is O[C@H]1CCc2cc(OCc3ccc(Br)cc3Cl)ccc21. The molecule has 2 aromatic rings. The summed E-state index contributed by atoms with van der Waals surface area (Å²) >= 11 is 9.55. The molecule has 2 aromatic carbocycles. The van der Waals surface area contributed by atoms with Gasteiger partial charge in [-0.15, -0.1) is 0 Å². The highest BCUT2D eigenvalue weighted by molar-refractivity contribution is 9.10. The molecule has 0 bridgehead atoms. The summed E-state index contributed by atoms with van der Waals surface area (Å²) < 4.78 is 6.75. The zero-order valence-electron chi connectivity index (χ0n) is 10.8. The Hall–Kier alpha value is -1.03. The number of benzene rings is 2. The molecule has 0 fully saturated rings. The normalized spacial score (nSPS) is 17.1. The number of hydrogen-bond acceptors (Lipinski definition) is 2. The van der Waals surface area contributed by atoms with Crippen molar-refractivity contribution in [2.24, 2.45) is 0 Å². The number of fused-ring (bicyclic) bond motifs is 1. The van der Waals surface area contributed by atoms with Gasteiger partial charge in [0.15, 0.2) is 0 Å². The number of rotatable bonds is 3. The number of aliphatic hydroxyl groups is 1. The minimum absolute atomic E-state index is 0.319. The van der Waals surface area contributed by atoms with Gasteiger partial charge in [0.2, 0.25) is 0 Å². The monoisotopic (exact) mass is 352 g/mol. The quantitative estimate of drug-likeness (QED) is 0.869. The lowest BCUT2D eigenvalue weighted by molar-refractivity contribution is 0.180. The number of aryl methyl sites for hydroxylation is 1. The van der Waals surface area contributed by atoms with Gasteiger partial charge in [0, 0.05) is 15.1 Å². The molecule has 3 rings (SSSR count). The molecule has 0 aromatic heterocycles. The summed E-state index contributed by atoms with van der Waals surface area (Å²) in [5.74, 6) is 0.817. The van der Waals surface area contributed by atoms with Crippen molar-refractivity contribution in [1.29, 1.82) is 0 Å². The van der Waals surface area contributed by atoms with E-state index >= 15 is 0 Å². The van der Waals surface area contributed by atoms with Crippen molar-refractivity contribution in [3.8, 4) is 5.75 Å². The Balaban J connectivity index is 1.73. The number of aliphatic hydroxyl groups excluding tert-OH is 1. The first-order chi connectivity index (χ1) is 9.63. The standard InChI is InChI=1S/C16H14BrClO2/c17-12-3-1-11(15(18)8-12)9-20-13-4-5-14-10(7-13)2-6-16(14)19/h1,3-5,7-8,16,19H,2,6,9H2/t16-/m0/s1. The van der Waals surface area contributed by atoms with Crippen LogP contribution in [0.1, 0.15) is 29.2 Å². The van der Waals surface area contributed by atoms with Crippen LogP contribution in [0.2, 0.25) is 5.02 Å². The van der Waals surface area contributed by atoms with E-state index in [4.69, 9.17) is 16.3 Å². The fraction of sp³-hybridized carbons (Fsp3) is 0.250. The predicted molar refractivity (Wildman–Crippen MR) is 83.2 cm³/mol. The van der Waals surface area contributed by atoms with Crippen LogP contribution in [-0.4, -0.2) is 5.11 Å².